The van der Waals surface area contributed by atoms with Crippen LogP contribution in [0.25, 0.3) is 0 Å². The molecule has 0 aliphatic rings. The van der Waals surface area contributed by atoms with Crippen LogP contribution in [-0.4, -0.2) is 43.4 Å². The van der Waals surface area contributed by atoms with Crippen LogP contribution in [-0.2, 0) is 4.74 Å². The minimum Gasteiger partial charge on any atom is -0.493 e. The van der Waals surface area contributed by atoms with Gasteiger partial charge in [-0.2, -0.15) is 0 Å². The van der Waals surface area contributed by atoms with Crippen LogP contribution in [0.3, 0.4) is 0 Å². The molecule has 0 spiro atoms. The SMILES string of the molecule is COCCOc1cc(C(=O)O)c([N+](=O)[O-])cc1OC. The van der Waals surface area contributed by atoms with E-state index in [-0.39, 0.29) is 18.1 Å². The molecule has 8 nitrogen and oxygen atoms in total. The first kappa shape index (κ1) is 14.7. The number of carboxylic acid groups (broad SMARTS) is 1. The normalized spacial score (nSPS) is 10.0. The van der Waals surface area contributed by atoms with Gasteiger partial charge in [0.2, 0.25) is 0 Å². The van der Waals surface area contributed by atoms with Gasteiger partial charge in [0, 0.05) is 13.2 Å². The molecule has 0 aliphatic heterocycles. The Labute approximate surface area is 108 Å². The first-order chi connectivity index (χ1) is 9.01. The van der Waals surface area contributed by atoms with Crippen molar-refractivity contribution in [1.29, 1.82) is 0 Å². The second-order valence-electron chi connectivity index (χ2n) is 3.42. The molecule has 8 heteroatoms. The number of carbonyl (C=O) groups is 1. The highest BCUT2D eigenvalue weighted by Crippen LogP contribution is 2.34. The molecule has 19 heavy (non-hydrogen) atoms. The average molecular weight is 271 g/mol. The molecular weight excluding hydrogens is 258 g/mol. The molecule has 0 aliphatic carbocycles. The molecule has 1 aromatic carbocycles. The Morgan fingerprint density at radius 1 is 1.32 bits per heavy atom. The number of methoxy groups -OCH3 is 2. The molecule has 0 saturated carbocycles. The summed E-state index contributed by atoms with van der Waals surface area (Å²) in [7, 11) is 2.79. The summed E-state index contributed by atoms with van der Waals surface area (Å²) in [5, 5.41) is 19.7. The Balaban J connectivity index is 3.19. The van der Waals surface area contributed by atoms with Crippen molar-refractivity contribution in [2.45, 2.75) is 0 Å². The quantitative estimate of drug-likeness (QED) is 0.452. The smallest absolute Gasteiger partial charge is 0.342 e. The number of benzene rings is 1. The van der Waals surface area contributed by atoms with Crippen LogP contribution < -0.4 is 9.47 Å². The third kappa shape index (κ3) is 3.55. The van der Waals surface area contributed by atoms with Gasteiger partial charge in [-0.15, -0.1) is 0 Å². The molecule has 0 bridgehead atoms. The van der Waals surface area contributed by atoms with Crippen molar-refractivity contribution in [2.24, 2.45) is 0 Å². The van der Waals surface area contributed by atoms with E-state index in [2.05, 4.69) is 0 Å². The Morgan fingerprint density at radius 2 is 2.00 bits per heavy atom. The van der Waals surface area contributed by atoms with E-state index in [0.717, 1.165) is 12.1 Å². The Kier molecular flexibility index (Phi) is 5.07. The topological polar surface area (TPSA) is 108 Å². The summed E-state index contributed by atoms with van der Waals surface area (Å²) in [5.41, 5.74) is -1.01. The highest BCUT2D eigenvalue weighted by atomic mass is 16.6. The van der Waals surface area contributed by atoms with E-state index in [9.17, 15) is 14.9 Å². The number of nitro groups is 1. The van der Waals surface area contributed by atoms with Crippen LogP contribution in [0, 0.1) is 10.1 Å². The van der Waals surface area contributed by atoms with Crippen LogP contribution in [0.1, 0.15) is 10.4 Å². The fourth-order valence-corrected chi connectivity index (χ4v) is 1.38. The maximum Gasteiger partial charge on any atom is 0.342 e. The van der Waals surface area contributed by atoms with Crippen molar-refractivity contribution < 1.29 is 29.0 Å². The van der Waals surface area contributed by atoms with Gasteiger partial charge in [-0.25, -0.2) is 4.79 Å². The molecule has 1 aromatic rings. The van der Waals surface area contributed by atoms with Crippen LogP contribution in [0.5, 0.6) is 11.5 Å². The van der Waals surface area contributed by atoms with Crippen LogP contribution in [0.4, 0.5) is 5.69 Å². The molecule has 0 radical (unpaired) electrons. The van der Waals surface area contributed by atoms with Gasteiger partial charge in [-0.1, -0.05) is 0 Å². The van der Waals surface area contributed by atoms with E-state index in [1.165, 1.54) is 14.2 Å². The molecule has 104 valence electrons. The zero-order chi connectivity index (χ0) is 14.4. The summed E-state index contributed by atoms with van der Waals surface area (Å²) in [6.45, 7) is 0.465. The van der Waals surface area contributed by atoms with Gasteiger partial charge < -0.3 is 19.3 Å². The molecular formula is C11H13NO7. The molecule has 0 amide bonds. The standard InChI is InChI=1S/C11H13NO7/c1-17-3-4-19-10-5-7(11(13)14)8(12(15)16)6-9(10)18-2/h5-6H,3-4H2,1-2H3,(H,13,14). The van der Waals surface area contributed by atoms with Gasteiger partial charge in [0.05, 0.1) is 24.7 Å². The number of aromatic carboxylic acids is 1. The van der Waals surface area contributed by atoms with Crippen LogP contribution >= 0.6 is 0 Å². The average Bonchev–Trinajstić information content (AvgIpc) is 2.38. The summed E-state index contributed by atoms with van der Waals surface area (Å²) in [6.07, 6.45) is 0. The van der Waals surface area contributed by atoms with Crippen molar-refractivity contribution in [1.82, 2.24) is 0 Å². The number of hydrogen-bond donors (Lipinski definition) is 1. The van der Waals surface area contributed by atoms with E-state index >= 15 is 0 Å². The van der Waals surface area contributed by atoms with Crippen molar-refractivity contribution in [3.63, 3.8) is 0 Å². The van der Waals surface area contributed by atoms with Gasteiger partial charge in [0.1, 0.15) is 12.2 Å². The van der Waals surface area contributed by atoms with Crippen molar-refractivity contribution in [2.75, 3.05) is 27.4 Å². The summed E-state index contributed by atoms with van der Waals surface area (Å²) in [6, 6.07) is 2.08. The largest absolute Gasteiger partial charge is 0.493 e. The lowest BCUT2D eigenvalue weighted by Gasteiger charge is -2.11. The van der Waals surface area contributed by atoms with Gasteiger partial charge in [-0.3, -0.25) is 10.1 Å². The van der Waals surface area contributed by atoms with Crippen molar-refractivity contribution in [3.05, 3.63) is 27.8 Å². The second kappa shape index (κ2) is 6.55. The minimum absolute atomic E-state index is 0.0906. The van der Waals surface area contributed by atoms with Gasteiger partial charge in [0.25, 0.3) is 5.69 Å². The third-order valence-electron chi connectivity index (χ3n) is 2.25. The fourth-order valence-electron chi connectivity index (χ4n) is 1.38. The molecule has 0 unspecified atom stereocenters. The lowest BCUT2D eigenvalue weighted by Crippen LogP contribution is -2.08. The second-order valence-corrected chi connectivity index (χ2v) is 3.42. The van der Waals surface area contributed by atoms with Gasteiger partial charge in [0.15, 0.2) is 11.5 Å². The van der Waals surface area contributed by atoms with E-state index in [1.54, 1.807) is 0 Å². The highest BCUT2D eigenvalue weighted by Gasteiger charge is 2.24. The lowest BCUT2D eigenvalue weighted by molar-refractivity contribution is -0.385. The Bertz CT molecular complexity index is 486. The predicted octanol–water partition coefficient (Wildman–Crippen LogP) is 1.33. The van der Waals surface area contributed by atoms with Crippen molar-refractivity contribution >= 4 is 11.7 Å². The number of carboxylic acids is 1. The van der Waals surface area contributed by atoms with E-state index in [4.69, 9.17) is 19.3 Å². The highest BCUT2D eigenvalue weighted by molar-refractivity contribution is 5.93. The summed E-state index contributed by atoms with van der Waals surface area (Å²) in [5.74, 6) is -1.21. The van der Waals surface area contributed by atoms with Crippen LogP contribution in [0.15, 0.2) is 12.1 Å². The number of ether oxygens (including phenoxy) is 3. The Hall–Kier alpha value is -2.35. The van der Waals surface area contributed by atoms with E-state index in [0.29, 0.717) is 6.61 Å². The Morgan fingerprint density at radius 3 is 2.47 bits per heavy atom. The maximum absolute atomic E-state index is 11.0. The van der Waals surface area contributed by atoms with E-state index < -0.39 is 22.1 Å². The zero-order valence-corrected chi connectivity index (χ0v) is 10.4. The van der Waals surface area contributed by atoms with Crippen molar-refractivity contribution in [3.8, 4) is 11.5 Å². The number of nitrogens with zero attached hydrogens (tertiary/aromatic N) is 1. The van der Waals surface area contributed by atoms with Crippen LogP contribution in [0.2, 0.25) is 0 Å². The molecule has 0 heterocycles. The molecule has 0 saturated heterocycles. The predicted molar refractivity (Wildman–Crippen MR) is 64.0 cm³/mol. The molecule has 0 aromatic heterocycles. The first-order valence-electron chi connectivity index (χ1n) is 5.22. The molecule has 0 atom stereocenters. The van der Waals surface area contributed by atoms with E-state index in [1.807, 2.05) is 0 Å². The monoisotopic (exact) mass is 271 g/mol. The summed E-state index contributed by atoms with van der Waals surface area (Å²) >= 11 is 0. The number of nitro benzene ring substituents is 1. The minimum atomic E-state index is -1.41. The first-order valence-corrected chi connectivity index (χ1v) is 5.22. The fraction of sp³-hybridized carbons (Fsp3) is 0.364. The van der Waals surface area contributed by atoms with Gasteiger partial charge in [-0.05, 0) is 0 Å². The zero-order valence-electron chi connectivity index (χ0n) is 10.4. The maximum atomic E-state index is 11.0. The lowest BCUT2D eigenvalue weighted by atomic mass is 10.1. The molecule has 0 fully saturated rings. The summed E-state index contributed by atoms with van der Waals surface area (Å²) < 4.78 is 15.0. The van der Waals surface area contributed by atoms with Gasteiger partial charge >= 0.3 is 5.97 Å². The number of hydrogen-bond acceptors (Lipinski definition) is 6. The number of rotatable bonds is 7. The molecule has 1 rings (SSSR count). The third-order valence-corrected chi connectivity index (χ3v) is 2.25. The molecule has 1 N–H and O–H groups in total. The summed E-state index contributed by atoms with van der Waals surface area (Å²) in [4.78, 5) is 21.0.